The monoisotopic (exact) mass is 440 g/mol. The maximum atomic E-state index is 12.7. The molecule has 0 N–H and O–H groups in total. The Bertz CT molecular complexity index is 967. The molecule has 0 aliphatic heterocycles. The molecule has 0 heterocycles. The second-order valence-electron chi connectivity index (χ2n) is 7.63. The van der Waals surface area contributed by atoms with Gasteiger partial charge < -0.3 is 8.61 Å². The van der Waals surface area contributed by atoms with Crippen LogP contribution in [0.25, 0.3) is 10.8 Å². The Kier molecular flexibility index (Phi) is 5.55. The SMILES string of the molecule is CC(C)(C)[Si](C)(C)Oc1cc(OS(=O)(=O)C(F)(F)F)cc2ccc(Cl)cc12. The van der Waals surface area contributed by atoms with Crippen molar-refractivity contribution in [1.29, 1.82) is 0 Å². The van der Waals surface area contributed by atoms with Crippen molar-refractivity contribution in [2.24, 2.45) is 0 Å². The highest BCUT2D eigenvalue weighted by molar-refractivity contribution is 7.88. The predicted octanol–water partition coefficient (Wildman–Crippen LogP) is 6.11. The van der Waals surface area contributed by atoms with Crippen LogP contribution in [0.5, 0.6) is 11.5 Å². The molecular formula is C17H20ClF3O4SSi. The third kappa shape index (κ3) is 4.70. The lowest BCUT2D eigenvalue weighted by Gasteiger charge is -2.36. The fourth-order valence-corrected chi connectivity index (χ4v) is 3.65. The molecular weight excluding hydrogens is 421 g/mol. The molecule has 150 valence electrons. The van der Waals surface area contributed by atoms with Gasteiger partial charge in [-0.2, -0.15) is 21.6 Å². The lowest BCUT2D eigenvalue weighted by Crippen LogP contribution is -2.43. The molecule has 27 heavy (non-hydrogen) atoms. The summed E-state index contributed by atoms with van der Waals surface area (Å²) in [4.78, 5) is 0. The van der Waals surface area contributed by atoms with Gasteiger partial charge in [0, 0.05) is 16.5 Å². The van der Waals surface area contributed by atoms with Crippen LogP contribution in [0, 0.1) is 0 Å². The van der Waals surface area contributed by atoms with Crippen LogP contribution in [-0.2, 0) is 10.1 Å². The Morgan fingerprint density at radius 1 is 1.04 bits per heavy atom. The van der Waals surface area contributed by atoms with Gasteiger partial charge >= 0.3 is 15.6 Å². The van der Waals surface area contributed by atoms with Gasteiger partial charge in [-0.1, -0.05) is 38.4 Å². The molecule has 0 amide bonds. The van der Waals surface area contributed by atoms with Crippen molar-refractivity contribution in [3.63, 3.8) is 0 Å². The first kappa shape index (κ1) is 21.8. The van der Waals surface area contributed by atoms with E-state index in [0.29, 0.717) is 15.8 Å². The predicted molar refractivity (Wildman–Crippen MR) is 102 cm³/mol. The quantitative estimate of drug-likeness (QED) is 0.327. The Hall–Kier alpha value is -1.45. The summed E-state index contributed by atoms with van der Waals surface area (Å²) >= 11 is 6.04. The molecule has 2 rings (SSSR count). The van der Waals surface area contributed by atoms with E-state index in [1.54, 1.807) is 18.2 Å². The summed E-state index contributed by atoms with van der Waals surface area (Å²) in [5, 5.41) is 1.23. The van der Waals surface area contributed by atoms with Gasteiger partial charge in [-0.3, -0.25) is 0 Å². The van der Waals surface area contributed by atoms with E-state index in [9.17, 15) is 21.6 Å². The first-order valence-electron chi connectivity index (χ1n) is 7.97. The number of halogens is 4. The van der Waals surface area contributed by atoms with Gasteiger partial charge in [0.1, 0.15) is 11.5 Å². The van der Waals surface area contributed by atoms with E-state index < -0.39 is 29.7 Å². The second-order valence-corrected chi connectivity index (χ2v) is 14.3. The van der Waals surface area contributed by atoms with Crippen LogP contribution in [0.15, 0.2) is 30.3 Å². The minimum Gasteiger partial charge on any atom is -0.543 e. The number of hydrogen-bond acceptors (Lipinski definition) is 4. The molecule has 2 aromatic carbocycles. The van der Waals surface area contributed by atoms with E-state index >= 15 is 0 Å². The summed E-state index contributed by atoms with van der Waals surface area (Å²) in [7, 11) is -8.16. The molecule has 0 unspecified atom stereocenters. The largest absolute Gasteiger partial charge is 0.543 e. The van der Waals surface area contributed by atoms with Gasteiger partial charge in [0.2, 0.25) is 0 Å². The Morgan fingerprint density at radius 2 is 1.63 bits per heavy atom. The van der Waals surface area contributed by atoms with E-state index in [1.165, 1.54) is 6.07 Å². The molecule has 0 aromatic heterocycles. The molecule has 2 aromatic rings. The van der Waals surface area contributed by atoms with E-state index in [2.05, 4.69) is 4.18 Å². The maximum Gasteiger partial charge on any atom is 0.534 e. The third-order valence-electron chi connectivity index (χ3n) is 4.51. The summed E-state index contributed by atoms with van der Waals surface area (Å²) in [5.41, 5.74) is -5.53. The van der Waals surface area contributed by atoms with Gasteiger partial charge in [0.25, 0.3) is 8.32 Å². The topological polar surface area (TPSA) is 52.6 Å². The number of alkyl halides is 3. The van der Waals surface area contributed by atoms with Gasteiger partial charge in [-0.15, -0.1) is 0 Å². The minimum atomic E-state index is -5.79. The van der Waals surface area contributed by atoms with Gasteiger partial charge in [-0.05, 0) is 41.7 Å². The van der Waals surface area contributed by atoms with Crippen LogP contribution < -0.4 is 8.61 Å². The van der Waals surface area contributed by atoms with E-state index in [0.717, 1.165) is 6.07 Å². The van der Waals surface area contributed by atoms with Crippen LogP contribution >= 0.6 is 11.6 Å². The fourth-order valence-electron chi connectivity index (χ4n) is 2.00. The van der Waals surface area contributed by atoms with Crippen molar-refractivity contribution in [2.45, 2.75) is 44.4 Å². The molecule has 0 fully saturated rings. The first-order chi connectivity index (χ1) is 12.0. The average Bonchev–Trinajstić information content (AvgIpc) is 2.44. The minimum absolute atomic E-state index is 0.188. The highest BCUT2D eigenvalue weighted by Crippen LogP contribution is 2.41. The van der Waals surface area contributed by atoms with Crippen molar-refractivity contribution >= 4 is 40.8 Å². The van der Waals surface area contributed by atoms with Crippen LogP contribution in [0.2, 0.25) is 23.2 Å². The van der Waals surface area contributed by atoms with Crippen LogP contribution in [0.1, 0.15) is 20.8 Å². The standard InChI is InChI=1S/C17H20ClF3O4SSi/c1-16(2,3)27(4,5)25-15-10-13(24-26(22,23)17(19,20)21)8-11-6-7-12(18)9-14(11)15/h6-10H,1-5H3. The molecule has 4 nitrogen and oxygen atoms in total. The van der Waals surface area contributed by atoms with Gasteiger partial charge in [0.05, 0.1) is 0 Å². The molecule has 0 spiro atoms. The fraction of sp³-hybridized carbons (Fsp3) is 0.412. The zero-order chi connectivity index (χ0) is 20.8. The summed E-state index contributed by atoms with van der Waals surface area (Å²) in [6, 6.07) is 7.07. The van der Waals surface area contributed by atoms with Crippen molar-refractivity contribution < 1.29 is 30.2 Å². The molecule has 0 aliphatic rings. The van der Waals surface area contributed by atoms with E-state index in [4.69, 9.17) is 16.0 Å². The van der Waals surface area contributed by atoms with Crippen LogP contribution in [0.4, 0.5) is 13.2 Å². The Balaban J connectivity index is 2.62. The second kappa shape index (κ2) is 6.86. The smallest absolute Gasteiger partial charge is 0.534 e. The number of fused-ring (bicyclic) bond motifs is 1. The van der Waals surface area contributed by atoms with Crippen molar-refractivity contribution in [1.82, 2.24) is 0 Å². The molecule has 0 bridgehead atoms. The van der Waals surface area contributed by atoms with Crippen molar-refractivity contribution in [3.8, 4) is 11.5 Å². The molecule has 0 radical (unpaired) electrons. The Morgan fingerprint density at radius 3 is 2.15 bits per heavy atom. The molecule has 10 heteroatoms. The number of rotatable bonds is 4. The average molecular weight is 441 g/mol. The molecule has 0 aliphatic carbocycles. The highest BCUT2D eigenvalue weighted by Gasteiger charge is 2.48. The summed E-state index contributed by atoms with van der Waals surface area (Å²) in [6.45, 7) is 9.93. The number of hydrogen-bond donors (Lipinski definition) is 0. The zero-order valence-electron chi connectivity index (χ0n) is 15.4. The summed E-state index contributed by atoms with van der Waals surface area (Å²) < 4.78 is 71.2. The third-order valence-corrected chi connectivity index (χ3v) is 10.1. The van der Waals surface area contributed by atoms with Gasteiger partial charge in [0.15, 0.2) is 0 Å². The zero-order valence-corrected chi connectivity index (χ0v) is 18.0. The Labute approximate surface area is 162 Å². The maximum absolute atomic E-state index is 12.7. The lowest BCUT2D eigenvalue weighted by molar-refractivity contribution is -0.0500. The highest BCUT2D eigenvalue weighted by atomic mass is 35.5. The first-order valence-corrected chi connectivity index (χ1v) is 12.7. The van der Waals surface area contributed by atoms with Crippen molar-refractivity contribution in [3.05, 3.63) is 35.4 Å². The number of benzene rings is 2. The van der Waals surface area contributed by atoms with Crippen molar-refractivity contribution in [2.75, 3.05) is 0 Å². The van der Waals surface area contributed by atoms with E-state index in [-0.39, 0.29) is 10.8 Å². The molecule has 0 saturated heterocycles. The summed E-state index contributed by atoms with van der Waals surface area (Å²) in [5.74, 6) is -0.246. The van der Waals surface area contributed by atoms with Crippen LogP contribution in [0.3, 0.4) is 0 Å². The molecule has 0 atom stereocenters. The summed E-state index contributed by atoms with van der Waals surface area (Å²) in [6.07, 6.45) is 0. The lowest BCUT2D eigenvalue weighted by atomic mass is 10.1. The van der Waals surface area contributed by atoms with Crippen LogP contribution in [-0.4, -0.2) is 22.2 Å². The van der Waals surface area contributed by atoms with E-state index in [1.807, 2.05) is 33.9 Å². The normalized spacial score (nSPS) is 13.7. The molecule has 0 saturated carbocycles. The van der Waals surface area contributed by atoms with Gasteiger partial charge in [-0.25, -0.2) is 0 Å².